The quantitative estimate of drug-likeness (QED) is 0.519. The van der Waals surface area contributed by atoms with Gasteiger partial charge in [0.1, 0.15) is 23.7 Å². The van der Waals surface area contributed by atoms with Gasteiger partial charge in [0.2, 0.25) is 0 Å². The minimum Gasteiger partial charge on any atom is -0.496 e. The maximum atomic E-state index is 5.61. The Morgan fingerprint density at radius 2 is 1.90 bits per heavy atom. The number of benzene rings is 1. The van der Waals surface area contributed by atoms with Gasteiger partial charge in [-0.3, -0.25) is 0 Å². The molecule has 0 saturated carbocycles. The fourth-order valence-corrected chi connectivity index (χ4v) is 3.41. The molecule has 2 heterocycles. The largest absolute Gasteiger partial charge is 0.496 e. The molecule has 1 unspecified atom stereocenters. The van der Waals surface area contributed by atoms with Gasteiger partial charge in [0.15, 0.2) is 0 Å². The summed E-state index contributed by atoms with van der Waals surface area (Å²) < 4.78 is 5.61. The first-order valence-corrected chi connectivity index (χ1v) is 10.5. The van der Waals surface area contributed by atoms with E-state index >= 15 is 0 Å². The maximum absolute atomic E-state index is 5.61. The Balaban J connectivity index is 1.62. The van der Waals surface area contributed by atoms with Crippen molar-refractivity contribution in [2.24, 2.45) is 5.92 Å². The second-order valence-electron chi connectivity index (χ2n) is 7.95. The van der Waals surface area contributed by atoms with Gasteiger partial charge >= 0.3 is 0 Å². The number of rotatable bonds is 10. The Hall–Kier alpha value is -3.19. The molecular formula is C24H32N6O. The lowest BCUT2D eigenvalue weighted by Crippen LogP contribution is -2.15. The Bertz CT molecular complexity index is 974. The minimum atomic E-state index is 0.406. The third kappa shape index (κ3) is 6.15. The Labute approximate surface area is 184 Å². The van der Waals surface area contributed by atoms with Crippen molar-refractivity contribution in [2.75, 3.05) is 45.0 Å². The fourth-order valence-electron chi connectivity index (χ4n) is 3.41. The molecule has 2 aromatic heterocycles. The summed E-state index contributed by atoms with van der Waals surface area (Å²) in [5, 5.41) is 6.62. The zero-order valence-electron chi connectivity index (χ0n) is 19.0. The molecule has 164 valence electrons. The molecule has 7 heteroatoms. The molecule has 1 atom stereocenters. The summed E-state index contributed by atoms with van der Waals surface area (Å²) in [5.41, 5.74) is 4.25. The van der Waals surface area contributed by atoms with E-state index in [2.05, 4.69) is 50.7 Å². The van der Waals surface area contributed by atoms with Gasteiger partial charge in [0.05, 0.1) is 12.8 Å². The highest BCUT2D eigenvalue weighted by atomic mass is 16.5. The summed E-state index contributed by atoms with van der Waals surface area (Å²) in [7, 11) is 7.62. The molecule has 1 aromatic carbocycles. The van der Waals surface area contributed by atoms with Crippen LogP contribution in [0.15, 0.2) is 48.9 Å². The lowest BCUT2D eigenvalue weighted by Gasteiger charge is -2.16. The van der Waals surface area contributed by atoms with Crippen LogP contribution in [0.1, 0.15) is 18.1 Å². The van der Waals surface area contributed by atoms with E-state index in [0.29, 0.717) is 5.92 Å². The van der Waals surface area contributed by atoms with Crippen LogP contribution in [0, 0.1) is 5.92 Å². The van der Waals surface area contributed by atoms with Crippen LogP contribution in [0.25, 0.3) is 11.3 Å². The summed E-state index contributed by atoms with van der Waals surface area (Å²) in [6.07, 6.45) is 4.35. The van der Waals surface area contributed by atoms with Gasteiger partial charge in [-0.2, -0.15) is 0 Å². The summed E-state index contributed by atoms with van der Waals surface area (Å²) in [6.45, 7) is 3.85. The first-order chi connectivity index (χ1) is 15.0. The molecule has 0 spiro atoms. The van der Waals surface area contributed by atoms with Gasteiger partial charge in [-0.1, -0.05) is 19.1 Å². The third-order valence-electron chi connectivity index (χ3n) is 5.10. The number of ether oxygens (including phenoxy) is 1. The highest BCUT2D eigenvalue weighted by Gasteiger charge is 2.11. The molecule has 0 fully saturated rings. The summed E-state index contributed by atoms with van der Waals surface area (Å²) in [6, 6.07) is 12.4. The van der Waals surface area contributed by atoms with Crippen molar-refractivity contribution in [1.29, 1.82) is 0 Å². The average Bonchev–Trinajstić information content (AvgIpc) is 2.79. The number of methoxy groups -OCH3 is 1. The highest BCUT2D eigenvalue weighted by Crippen LogP contribution is 2.24. The van der Waals surface area contributed by atoms with Crippen LogP contribution >= 0.6 is 0 Å². The third-order valence-corrected chi connectivity index (χ3v) is 5.10. The van der Waals surface area contributed by atoms with Gasteiger partial charge in [-0.25, -0.2) is 15.0 Å². The molecule has 0 amide bonds. The van der Waals surface area contributed by atoms with Gasteiger partial charge in [0.25, 0.3) is 0 Å². The normalized spacial score (nSPS) is 11.8. The molecular weight excluding hydrogens is 388 g/mol. The van der Waals surface area contributed by atoms with Crippen molar-refractivity contribution >= 4 is 11.6 Å². The smallest absolute Gasteiger partial charge is 0.129 e. The van der Waals surface area contributed by atoms with Gasteiger partial charge < -0.3 is 20.3 Å². The van der Waals surface area contributed by atoms with E-state index in [-0.39, 0.29) is 0 Å². The molecule has 0 bridgehead atoms. The number of anilines is 2. The molecule has 7 nitrogen and oxygen atoms in total. The van der Waals surface area contributed by atoms with E-state index in [1.54, 1.807) is 13.4 Å². The monoisotopic (exact) mass is 420 g/mol. The van der Waals surface area contributed by atoms with E-state index in [4.69, 9.17) is 4.74 Å². The number of pyridine rings is 1. The van der Waals surface area contributed by atoms with Crippen LogP contribution < -0.4 is 20.3 Å². The first kappa shape index (κ1) is 22.5. The number of hydrogen-bond donors (Lipinski definition) is 2. The van der Waals surface area contributed by atoms with Crippen LogP contribution in [0.2, 0.25) is 0 Å². The predicted molar refractivity (Wildman–Crippen MR) is 127 cm³/mol. The van der Waals surface area contributed by atoms with Crippen LogP contribution in [0.5, 0.6) is 5.75 Å². The van der Waals surface area contributed by atoms with Crippen LogP contribution in [0.4, 0.5) is 11.6 Å². The van der Waals surface area contributed by atoms with Gasteiger partial charge in [-0.15, -0.1) is 0 Å². The van der Waals surface area contributed by atoms with Crippen molar-refractivity contribution in [1.82, 2.24) is 20.3 Å². The van der Waals surface area contributed by atoms with E-state index in [0.717, 1.165) is 48.2 Å². The number of aromatic nitrogens is 3. The van der Waals surface area contributed by atoms with Crippen molar-refractivity contribution < 1.29 is 4.74 Å². The van der Waals surface area contributed by atoms with Crippen LogP contribution in [-0.2, 0) is 13.0 Å². The molecule has 31 heavy (non-hydrogen) atoms. The zero-order chi connectivity index (χ0) is 22.2. The van der Waals surface area contributed by atoms with Gasteiger partial charge in [-0.05, 0) is 48.7 Å². The lowest BCUT2D eigenvalue weighted by molar-refractivity contribution is 0.405. The predicted octanol–water partition coefficient (Wildman–Crippen LogP) is 3.62. The van der Waals surface area contributed by atoms with Crippen molar-refractivity contribution in [2.45, 2.75) is 19.9 Å². The molecule has 3 aromatic rings. The standard InChI is InChI=1S/C24H32N6O/c1-17(10-19-7-6-18(14-25-2)11-22(19)31-5)13-26-23-12-21(28-16-29-23)20-8-9-24(27-15-20)30(3)4/h6-9,11-12,15-17,25H,10,13-14H2,1-5H3,(H,26,28,29). The SMILES string of the molecule is CNCc1ccc(CC(C)CNc2cc(-c3ccc(N(C)C)nc3)ncn2)c(OC)c1. The van der Waals surface area contributed by atoms with Crippen molar-refractivity contribution in [3.8, 4) is 17.0 Å². The van der Waals surface area contributed by atoms with Crippen LogP contribution in [-0.4, -0.2) is 49.7 Å². The fraction of sp³-hybridized carbons (Fsp3) is 0.375. The summed E-state index contributed by atoms with van der Waals surface area (Å²) in [5.74, 6) is 3.07. The molecule has 0 radical (unpaired) electrons. The molecule has 0 aliphatic heterocycles. The topological polar surface area (TPSA) is 75.2 Å². The number of nitrogens with one attached hydrogen (secondary N) is 2. The van der Waals surface area contributed by atoms with Crippen LogP contribution in [0.3, 0.4) is 0 Å². The summed E-state index contributed by atoms with van der Waals surface area (Å²) in [4.78, 5) is 15.2. The lowest BCUT2D eigenvalue weighted by atomic mass is 9.99. The summed E-state index contributed by atoms with van der Waals surface area (Å²) >= 11 is 0. The Kier molecular flexibility index (Phi) is 7.78. The number of hydrogen-bond acceptors (Lipinski definition) is 7. The van der Waals surface area contributed by atoms with E-state index in [1.165, 1.54) is 11.1 Å². The van der Waals surface area contributed by atoms with E-state index < -0.39 is 0 Å². The number of nitrogens with zero attached hydrogens (tertiary/aromatic N) is 4. The Morgan fingerprint density at radius 1 is 1.06 bits per heavy atom. The molecule has 0 saturated heterocycles. The minimum absolute atomic E-state index is 0.406. The molecule has 0 aliphatic carbocycles. The van der Waals surface area contributed by atoms with E-state index in [1.807, 2.05) is 50.4 Å². The average molecular weight is 421 g/mol. The van der Waals surface area contributed by atoms with E-state index in [9.17, 15) is 0 Å². The Morgan fingerprint density at radius 3 is 2.58 bits per heavy atom. The maximum Gasteiger partial charge on any atom is 0.129 e. The van der Waals surface area contributed by atoms with Crippen molar-refractivity contribution in [3.05, 3.63) is 60.0 Å². The molecule has 0 aliphatic rings. The zero-order valence-corrected chi connectivity index (χ0v) is 19.0. The molecule has 2 N–H and O–H groups in total. The second-order valence-corrected chi connectivity index (χ2v) is 7.95. The second kappa shape index (κ2) is 10.7. The van der Waals surface area contributed by atoms with Gasteiger partial charge in [0, 0.05) is 45.0 Å². The first-order valence-electron chi connectivity index (χ1n) is 10.5. The van der Waals surface area contributed by atoms with Crippen molar-refractivity contribution in [3.63, 3.8) is 0 Å². The highest BCUT2D eigenvalue weighted by molar-refractivity contribution is 5.62. The molecule has 3 rings (SSSR count).